The molecule has 2 N–H and O–H groups in total. The minimum Gasteiger partial charge on any atom is -0.493 e. The van der Waals surface area contributed by atoms with Gasteiger partial charge in [-0.15, -0.1) is 0 Å². The van der Waals surface area contributed by atoms with Crippen LogP contribution in [0.5, 0.6) is 11.5 Å². The predicted molar refractivity (Wildman–Crippen MR) is 174 cm³/mol. The second-order valence-corrected chi connectivity index (χ2v) is 13.5. The van der Waals surface area contributed by atoms with Crippen molar-refractivity contribution in [3.05, 3.63) is 124 Å². The summed E-state index contributed by atoms with van der Waals surface area (Å²) < 4.78 is 52.2. The number of aliphatic hydroxyl groups excluding tert-OH is 1. The van der Waals surface area contributed by atoms with Crippen molar-refractivity contribution in [1.29, 1.82) is 0 Å². The highest BCUT2D eigenvalue weighted by Crippen LogP contribution is 2.39. The van der Waals surface area contributed by atoms with Gasteiger partial charge in [-0.05, 0) is 58.5 Å². The van der Waals surface area contributed by atoms with E-state index in [1.807, 2.05) is 48.5 Å². The number of hydrogen-bond donors (Lipinski definition) is 2. The van der Waals surface area contributed by atoms with Crippen LogP contribution < -0.4 is 14.2 Å². The molecule has 242 valence electrons. The van der Waals surface area contributed by atoms with Gasteiger partial charge < -0.3 is 24.1 Å². The molecule has 3 atom stereocenters. The van der Waals surface area contributed by atoms with E-state index in [0.29, 0.717) is 6.42 Å². The normalized spacial score (nSPS) is 20.2. The van der Waals surface area contributed by atoms with Gasteiger partial charge in [-0.3, -0.25) is 4.90 Å². The Bertz CT molecular complexity index is 1710. The summed E-state index contributed by atoms with van der Waals surface area (Å²) in [5.74, 6) is 1.48. The Hall–Kier alpha value is -3.77. The van der Waals surface area contributed by atoms with Crippen LogP contribution in [-0.4, -0.2) is 51.8 Å². The van der Waals surface area contributed by atoms with E-state index in [-0.39, 0.29) is 30.3 Å². The first-order valence-corrected chi connectivity index (χ1v) is 16.9. The number of fused-ring (bicyclic) bond motifs is 1. The number of hydrogen-bond acceptors (Lipinski definition) is 8. The lowest BCUT2D eigenvalue weighted by Gasteiger charge is -2.39. The Balaban J connectivity index is 1.17. The molecule has 0 radical (unpaired) electrons. The Morgan fingerprint density at radius 3 is 2.17 bits per heavy atom. The van der Waals surface area contributed by atoms with Crippen LogP contribution in [0.15, 0.2) is 95.9 Å². The standard InChI is InChI=1S/C36H40N2O7S/c1-42-34-18-29-16-17-38(22-30(29)19-35(34)43-2)23-31-20-33(27-12-10-26(24-39)11-13-27)45-36(44-31)28-14-8-25(9-15-28)21-37-46(40,41)32-6-4-3-5-7-32/h3-15,18-19,31,33,36-37,39H,16-17,20-24H2,1-2H3/t31-,33+,36+/m0/s1. The molecule has 46 heavy (non-hydrogen) atoms. The van der Waals surface area contributed by atoms with E-state index in [4.69, 9.17) is 18.9 Å². The number of aliphatic hydroxyl groups is 1. The highest BCUT2D eigenvalue weighted by atomic mass is 32.2. The van der Waals surface area contributed by atoms with Gasteiger partial charge in [0.05, 0.1) is 37.9 Å². The van der Waals surface area contributed by atoms with Gasteiger partial charge in [0, 0.05) is 38.2 Å². The summed E-state index contributed by atoms with van der Waals surface area (Å²) in [7, 11) is -0.296. The lowest BCUT2D eigenvalue weighted by atomic mass is 9.97. The van der Waals surface area contributed by atoms with Crippen molar-refractivity contribution < 1.29 is 32.5 Å². The highest BCUT2D eigenvalue weighted by molar-refractivity contribution is 7.89. The Kier molecular flexibility index (Phi) is 10.0. The van der Waals surface area contributed by atoms with Crippen LogP contribution in [0.1, 0.15) is 52.2 Å². The second kappa shape index (κ2) is 14.3. The molecule has 2 heterocycles. The van der Waals surface area contributed by atoms with Gasteiger partial charge in [-0.1, -0.05) is 66.7 Å². The summed E-state index contributed by atoms with van der Waals surface area (Å²) in [6, 6.07) is 28.0. The summed E-state index contributed by atoms with van der Waals surface area (Å²) >= 11 is 0. The van der Waals surface area contributed by atoms with E-state index in [9.17, 15) is 13.5 Å². The molecule has 6 rings (SSSR count). The molecule has 0 unspecified atom stereocenters. The van der Waals surface area contributed by atoms with Gasteiger partial charge in [0.15, 0.2) is 17.8 Å². The van der Waals surface area contributed by atoms with Gasteiger partial charge in [-0.2, -0.15) is 0 Å². The minimum absolute atomic E-state index is 0.0128. The first-order valence-electron chi connectivity index (χ1n) is 15.5. The van der Waals surface area contributed by atoms with Crippen molar-refractivity contribution in [2.45, 2.75) is 55.9 Å². The molecule has 4 aromatic carbocycles. The summed E-state index contributed by atoms with van der Waals surface area (Å²) in [6.45, 7) is 2.57. The van der Waals surface area contributed by atoms with Gasteiger partial charge in [0.2, 0.25) is 10.0 Å². The number of rotatable bonds is 11. The van der Waals surface area contributed by atoms with E-state index >= 15 is 0 Å². The first kappa shape index (κ1) is 32.2. The fraction of sp³-hybridized carbons (Fsp3) is 0.333. The molecule has 4 aromatic rings. The van der Waals surface area contributed by atoms with E-state index in [0.717, 1.165) is 59.8 Å². The molecule has 10 heteroatoms. The molecule has 0 bridgehead atoms. The highest BCUT2D eigenvalue weighted by Gasteiger charge is 2.34. The molecule has 0 aromatic heterocycles. The Morgan fingerprint density at radius 2 is 1.50 bits per heavy atom. The largest absolute Gasteiger partial charge is 0.493 e. The quantitative estimate of drug-likeness (QED) is 0.227. The zero-order valence-electron chi connectivity index (χ0n) is 26.1. The van der Waals surface area contributed by atoms with Crippen LogP contribution in [0.25, 0.3) is 0 Å². The third-order valence-corrected chi connectivity index (χ3v) is 10.1. The van der Waals surface area contributed by atoms with Crippen LogP contribution in [0.3, 0.4) is 0 Å². The van der Waals surface area contributed by atoms with Crippen LogP contribution in [-0.2, 0) is 45.6 Å². The average Bonchev–Trinajstić information content (AvgIpc) is 3.10. The third-order valence-electron chi connectivity index (χ3n) is 8.65. The molecule has 0 spiro atoms. The van der Waals surface area contributed by atoms with Crippen molar-refractivity contribution in [3.8, 4) is 11.5 Å². The number of methoxy groups -OCH3 is 2. The average molecular weight is 645 g/mol. The Labute approximate surface area is 270 Å². The fourth-order valence-corrected chi connectivity index (χ4v) is 7.11. The molecule has 0 amide bonds. The van der Waals surface area contributed by atoms with E-state index in [2.05, 4.69) is 21.8 Å². The van der Waals surface area contributed by atoms with Crippen LogP contribution >= 0.6 is 0 Å². The van der Waals surface area contributed by atoms with Gasteiger partial charge in [0.1, 0.15) is 0 Å². The maximum atomic E-state index is 12.7. The maximum Gasteiger partial charge on any atom is 0.240 e. The molecule has 0 saturated carbocycles. The van der Waals surface area contributed by atoms with E-state index < -0.39 is 16.3 Å². The van der Waals surface area contributed by atoms with Crippen LogP contribution in [0, 0.1) is 0 Å². The predicted octanol–water partition coefficient (Wildman–Crippen LogP) is 5.28. The first-order chi connectivity index (χ1) is 22.3. The van der Waals surface area contributed by atoms with Crippen molar-refractivity contribution in [1.82, 2.24) is 9.62 Å². The zero-order chi connectivity index (χ0) is 32.1. The summed E-state index contributed by atoms with van der Waals surface area (Å²) in [6.07, 6.45) is 0.696. The Morgan fingerprint density at radius 1 is 0.848 bits per heavy atom. The topological polar surface area (TPSA) is 107 Å². The van der Waals surface area contributed by atoms with Crippen molar-refractivity contribution >= 4 is 10.0 Å². The summed E-state index contributed by atoms with van der Waals surface area (Å²) in [5, 5.41) is 9.54. The smallest absolute Gasteiger partial charge is 0.240 e. The van der Waals surface area contributed by atoms with E-state index in [1.54, 1.807) is 44.6 Å². The molecular weight excluding hydrogens is 604 g/mol. The SMILES string of the molecule is COc1cc2c(cc1OC)CN(C[C@@H]1C[C@H](c3ccc(CO)cc3)O[C@H](c3ccc(CNS(=O)(=O)c4ccccc4)cc3)O1)CC2. The van der Waals surface area contributed by atoms with Crippen LogP contribution in [0.2, 0.25) is 0 Å². The van der Waals surface area contributed by atoms with Crippen LogP contribution in [0.4, 0.5) is 0 Å². The summed E-state index contributed by atoms with van der Waals surface area (Å²) in [4.78, 5) is 2.64. The van der Waals surface area contributed by atoms with Crippen molar-refractivity contribution in [2.24, 2.45) is 0 Å². The second-order valence-electron chi connectivity index (χ2n) is 11.7. The summed E-state index contributed by atoms with van der Waals surface area (Å²) in [5.41, 5.74) is 6.06. The number of ether oxygens (including phenoxy) is 4. The van der Waals surface area contributed by atoms with Crippen molar-refractivity contribution in [3.63, 3.8) is 0 Å². The third kappa shape index (κ3) is 7.44. The molecule has 0 aliphatic carbocycles. The molecule has 2 aliphatic rings. The lowest BCUT2D eigenvalue weighted by molar-refractivity contribution is -0.253. The number of nitrogens with zero attached hydrogens (tertiary/aromatic N) is 1. The minimum atomic E-state index is -3.61. The lowest BCUT2D eigenvalue weighted by Crippen LogP contribution is -2.41. The number of nitrogens with one attached hydrogen (secondary N) is 1. The number of benzene rings is 4. The molecule has 9 nitrogen and oxygen atoms in total. The molecule has 1 fully saturated rings. The van der Waals surface area contributed by atoms with Crippen molar-refractivity contribution in [2.75, 3.05) is 27.3 Å². The van der Waals surface area contributed by atoms with Gasteiger partial charge in [-0.25, -0.2) is 13.1 Å². The fourth-order valence-electron chi connectivity index (χ4n) is 6.07. The van der Waals surface area contributed by atoms with Gasteiger partial charge >= 0.3 is 0 Å². The van der Waals surface area contributed by atoms with E-state index in [1.165, 1.54) is 11.1 Å². The molecule has 1 saturated heterocycles. The zero-order valence-corrected chi connectivity index (χ0v) is 26.9. The monoisotopic (exact) mass is 644 g/mol. The molecule has 2 aliphatic heterocycles. The number of sulfonamides is 1. The maximum absolute atomic E-state index is 12.7. The molecular formula is C36H40N2O7S. The van der Waals surface area contributed by atoms with Gasteiger partial charge in [0.25, 0.3) is 0 Å².